The van der Waals surface area contributed by atoms with Crippen LogP contribution in [0.5, 0.6) is 5.88 Å². The molecule has 1 aromatic carbocycles. The Morgan fingerprint density at radius 2 is 1.70 bits per heavy atom. The van der Waals surface area contributed by atoms with Gasteiger partial charge in [0.25, 0.3) is 11.8 Å². The molecule has 3 aromatic rings. The van der Waals surface area contributed by atoms with Gasteiger partial charge in [-0.2, -0.15) is 44.5 Å². The van der Waals surface area contributed by atoms with Crippen molar-refractivity contribution in [2.45, 2.75) is 36.5 Å². The van der Waals surface area contributed by atoms with Crippen LogP contribution < -0.4 is 4.18 Å². The van der Waals surface area contributed by atoms with Crippen molar-refractivity contribution in [1.29, 1.82) is 0 Å². The summed E-state index contributed by atoms with van der Waals surface area (Å²) in [5.41, 5.74) is -13.2. The predicted octanol–water partition coefficient (Wildman–Crippen LogP) is 7.16. The Kier molecular flexibility index (Phi) is 8.68. The van der Waals surface area contributed by atoms with E-state index in [1.54, 1.807) is 6.07 Å². The van der Waals surface area contributed by atoms with Gasteiger partial charge in [-0.05, 0) is 5.56 Å². The Hall–Kier alpha value is -3.87. The van der Waals surface area contributed by atoms with E-state index in [1.165, 1.54) is 24.3 Å². The summed E-state index contributed by atoms with van der Waals surface area (Å²) in [5, 5.41) is 17.9. The standard InChI is InChI=1S/C21H13F9N4O5S/c1-2-8-18(20(25,26)27,37-10-11-6-4-3-5-7-11)17-33-32-16(38-17)14-13(34(35)36)9-12(19(22,23)24)15(31-14)39-40-21(28,29)30/h2-7,9H,1,8,10H2. The Morgan fingerprint density at radius 3 is 2.23 bits per heavy atom. The fourth-order valence-corrected chi connectivity index (χ4v) is 3.43. The highest BCUT2D eigenvalue weighted by Crippen LogP contribution is 2.47. The lowest BCUT2D eigenvalue weighted by Gasteiger charge is -2.31. The van der Waals surface area contributed by atoms with Crippen molar-refractivity contribution in [3.8, 4) is 17.5 Å². The maximum Gasteiger partial charge on any atom is 0.479 e. The van der Waals surface area contributed by atoms with Gasteiger partial charge in [0.15, 0.2) is 12.0 Å². The lowest BCUT2D eigenvalue weighted by Crippen LogP contribution is -2.45. The average Bonchev–Trinajstić information content (AvgIpc) is 3.34. The molecule has 1 atom stereocenters. The molecule has 0 amide bonds. The molecule has 0 fully saturated rings. The molecule has 40 heavy (non-hydrogen) atoms. The quantitative estimate of drug-likeness (QED) is 0.0782. The lowest BCUT2D eigenvalue weighted by atomic mass is 9.98. The number of benzene rings is 1. The van der Waals surface area contributed by atoms with Crippen LogP contribution in [-0.2, 0) is 23.1 Å². The maximum absolute atomic E-state index is 14.4. The average molecular weight is 604 g/mol. The number of rotatable bonds is 10. The summed E-state index contributed by atoms with van der Waals surface area (Å²) >= 11 is -1.42. The summed E-state index contributed by atoms with van der Waals surface area (Å²) in [5.74, 6) is -4.38. The molecule has 0 spiro atoms. The molecule has 0 radical (unpaired) electrons. The van der Waals surface area contributed by atoms with E-state index in [-0.39, 0.29) is 11.6 Å². The highest BCUT2D eigenvalue weighted by Gasteiger charge is 2.61. The van der Waals surface area contributed by atoms with Gasteiger partial charge in [0.05, 0.1) is 11.5 Å². The SMILES string of the molecule is C=CCC(OCc1ccccc1)(c1nnc(-c2nc(OSC(F)(F)F)c(C(F)(F)F)cc2[N+](=O)[O-])o1)C(F)(F)F. The molecule has 0 bridgehead atoms. The first-order valence-corrected chi connectivity index (χ1v) is 11.1. The van der Waals surface area contributed by atoms with E-state index >= 15 is 0 Å². The first-order chi connectivity index (χ1) is 18.5. The molecule has 0 aliphatic heterocycles. The summed E-state index contributed by atoms with van der Waals surface area (Å²) in [7, 11) is 0. The zero-order chi connectivity index (χ0) is 29.9. The third-order valence-electron chi connectivity index (χ3n) is 4.88. The minimum Gasteiger partial charge on any atom is -0.415 e. The van der Waals surface area contributed by atoms with Crippen LogP contribution in [0.3, 0.4) is 0 Å². The summed E-state index contributed by atoms with van der Waals surface area (Å²) < 4.78 is 135. The van der Waals surface area contributed by atoms with Gasteiger partial charge in [-0.3, -0.25) is 10.1 Å². The van der Waals surface area contributed by atoms with E-state index in [2.05, 4.69) is 25.9 Å². The molecule has 1 unspecified atom stereocenters. The third kappa shape index (κ3) is 6.82. The van der Waals surface area contributed by atoms with Gasteiger partial charge < -0.3 is 13.3 Å². The Balaban J connectivity index is 2.17. The molecule has 0 aliphatic carbocycles. The molecule has 3 rings (SSSR count). The highest BCUT2D eigenvalue weighted by molar-refractivity contribution is 7.95. The largest absolute Gasteiger partial charge is 0.479 e. The van der Waals surface area contributed by atoms with E-state index in [1.807, 2.05) is 0 Å². The van der Waals surface area contributed by atoms with Gasteiger partial charge in [-0.25, -0.2) is 0 Å². The minimum absolute atomic E-state index is 0.231. The summed E-state index contributed by atoms with van der Waals surface area (Å²) in [6.45, 7) is 2.58. The number of aromatic nitrogens is 3. The number of hydrogen-bond acceptors (Lipinski definition) is 9. The molecule has 0 saturated heterocycles. The number of nitrogens with zero attached hydrogens (tertiary/aromatic N) is 4. The van der Waals surface area contributed by atoms with Gasteiger partial charge in [0, 0.05) is 12.5 Å². The highest BCUT2D eigenvalue weighted by atomic mass is 32.2. The number of halogens is 9. The van der Waals surface area contributed by atoms with Crippen molar-refractivity contribution in [2.75, 3.05) is 0 Å². The monoisotopic (exact) mass is 604 g/mol. The lowest BCUT2D eigenvalue weighted by molar-refractivity contribution is -0.384. The molecule has 0 aliphatic rings. The second-order valence-corrected chi connectivity index (χ2v) is 8.38. The van der Waals surface area contributed by atoms with Gasteiger partial charge in [0.2, 0.25) is 17.2 Å². The van der Waals surface area contributed by atoms with Gasteiger partial charge in [-0.1, -0.05) is 36.4 Å². The summed E-state index contributed by atoms with van der Waals surface area (Å²) in [4.78, 5) is 13.1. The van der Waals surface area contributed by atoms with E-state index in [0.717, 1.165) is 6.08 Å². The maximum atomic E-state index is 14.4. The summed E-state index contributed by atoms with van der Waals surface area (Å²) in [6, 6.07) is 7.25. The van der Waals surface area contributed by atoms with Crippen LogP contribution in [0.4, 0.5) is 45.2 Å². The number of hydrogen-bond donors (Lipinski definition) is 0. The molecule has 2 heterocycles. The van der Waals surface area contributed by atoms with E-state index in [0.29, 0.717) is 0 Å². The predicted molar refractivity (Wildman–Crippen MR) is 117 cm³/mol. The van der Waals surface area contributed by atoms with E-state index in [9.17, 15) is 49.6 Å². The molecule has 216 valence electrons. The minimum atomic E-state index is -5.49. The van der Waals surface area contributed by atoms with Crippen molar-refractivity contribution in [1.82, 2.24) is 15.2 Å². The first kappa shape index (κ1) is 30.7. The van der Waals surface area contributed by atoms with Crippen molar-refractivity contribution in [3.05, 3.63) is 76.2 Å². The topological polar surface area (TPSA) is 113 Å². The van der Waals surface area contributed by atoms with Crippen LogP contribution in [0.25, 0.3) is 11.6 Å². The van der Waals surface area contributed by atoms with Gasteiger partial charge >= 0.3 is 23.5 Å². The van der Waals surface area contributed by atoms with Crippen molar-refractivity contribution in [3.63, 3.8) is 0 Å². The van der Waals surface area contributed by atoms with Crippen molar-refractivity contribution < 1.29 is 57.8 Å². The number of ether oxygens (including phenoxy) is 1. The Bertz CT molecular complexity index is 1360. The molecular formula is C21H13F9N4O5S. The van der Waals surface area contributed by atoms with E-state index < -0.39 is 88.1 Å². The molecule has 0 N–H and O–H groups in total. The smallest absolute Gasteiger partial charge is 0.415 e. The zero-order valence-electron chi connectivity index (χ0n) is 19.3. The van der Waals surface area contributed by atoms with Crippen molar-refractivity contribution >= 4 is 17.7 Å². The Morgan fingerprint density at radius 1 is 1.05 bits per heavy atom. The van der Waals surface area contributed by atoms with Crippen LogP contribution in [0.15, 0.2) is 53.5 Å². The summed E-state index contributed by atoms with van der Waals surface area (Å²) in [6.07, 6.45) is -11.0. The molecule has 0 saturated carbocycles. The Labute approximate surface area is 221 Å². The molecule has 9 nitrogen and oxygen atoms in total. The number of alkyl halides is 9. The normalized spacial score (nSPS) is 14.0. The molecular weight excluding hydrogens is 591 g/mol. The van der Waals surface area contributed by atoms with Crippen LogP contribution >= 0.6 is 12.0 Å². The zero-order valence-corrected chi connectivity index (χ0v) is 20.1. The molecule has 2 aromatic heterocycles. The molecule has 19 heteroatoms. The van der Waals surface area contributed by atoms with Gasteiger partial charge in [0.1, 0.15) is 5.56 Å². The number of pyridine rings is 1. The van der Waals surface area contributed by atoms with Crippen molar-refractivity contribution in [2.24, 2.45) is 0 Å². The van der Waals surface area contributed by atoms with Crippen LogP contribution in [0, 0.1) is 10.1 Å². The third-order valence-corrected chi connectivity index (χ3v) is 5.31. The van der Waals surface area contributed by atoms with E-state index in [4.69, 9.17) is 9.15 Å². The van der Waals surface area contributed by atoms with Crippen LogP contribution in [0.1, 0.15) is 23.4 Å². The van der Waals surface area contributed by atoms with Gasteiger partial charge in [-0.15, -0.1) is 16.8 Å². The second kappa shape index (κ2) is 11.3. The fourth-order valence-electron chi connectivity index (χ4n) is 3.13. The van der Waals surface area contributed by atoms with Crippen LogP contribution in [-0.4, -0.2) is 31.8 Å². The first-order valence-electron chi connectivity index (χ1n) is 10.4. The second-order valence-electron chi connectivity index (χ2n) is 7.58. The number of nitro groups is 1. The fraction of sp³-hybridized carbons (Fsp3) is 0.286. The van der Waals surface area contributed by atoms with Crippen LogP contribution in [0.2, 0.25) is 0 Å².